The molecule has 1 amide bonds. The first-order valence-electron chi connectivity index (χ1n) is 8.52. The van der Waals surface area contributed by atoms with Crippen molar-refractivity contribution < 1.29 is 18.0 Å². The quantitative estimate of drug-likeness (QED) is 0.633. The summed E-state index contributed by atoms with van der Waals surface area (Å²) in [6.07, 6.45) is 1.54. The lowest BCUT2D eigenvalue weighted by molar-refractivity contribution is -0.137. The molecule has 0 aromatic heterocycles. The maximum Gasteiger partial charge on any atom is 0.416 e. The molecule has 1 aromatic rings. The fourth-order valence-corrected chi connectivity index (χ4v) is 2.88. The van der Waals surface area contributed by atoms with Gasteiger partial charge in [0.15, 0.2) is 0 Å². The summed E-state index contributed by atoms with van der Waals surface area (Å²) in [5.41, 5.74) is 5.13. The lowest BCUT2D eigenvalue weighted by Gasteiger charge is -2.18. The summed E-state index contributed by atoms with van der Waals surface area (Å²) in [6, 6.07) is 5.46. The molecule has 0 radical (unpaired) electrons. The Bertz CT molecular complexity index is 559. The summed E-state index contributed by atoms with van der Waals surface area (Å²) in [4.78, 5) is 11.9. The molecule has 2 rings (SSSR count). The third kappa shape index (κ3) is 6.51. The molecule has 0 heterocycles. The second kappa shape index (κ2) is 9.43. The van der Waals surface area contributed by atoms with Crippen molar-refractivity contribution >= 4 is 18.3 Å². The second-order valence-electron chi connectivity index (χ2n) is 6.59. The molecule has 0 bridgehead atoms. The van der Waals surface area contributed by atoms with Gasteiger partial charge in [-0.3, -0.25) is 4.79 Å². The van der Waals surface area contributed by atoms with Crippen LogP contribution >= 0.6 is 12.4 Å². The summed E-state index contributed by atoms with van der Waals surface area (Å²) in [7, 11) is 0. The number of benzene rings is 1. The average molecular weight is 379 g/mol. The first kappa shape index (κ1) is 21.8. The van der Waals surface area contributed by atoms with E-state index in [1.54, 1.807) is 6.07 Å². The van der Waals surface area contributed by atoms with E-state index in [-0.39, 0.29) is 23.7 Å². The molecule has 1 fully saturated rings. The number of hydrogen-bond donors (Lipinski definition) is 2. The van der Waals surface area contributed by atoms with Crippen LogP contribution in [0.4, 0.5) is 13.2 Å². The molecule has 3 nitrogen and oxygen atoms in total. The molecule has 0 unspecified atom stereocenters. The number of rotatable bonds is 9. The fourth-order valence-electron chi connectivity index (χ4n) is 2.88. The summed E-state index contributed by atoms with van der Waals surface area (Å²) in [6.45, 7) is 1.08. The van der Waals surface area contributed by atoms with Gasteiger partial charge in [0.05, 0.1) is 5.56 Å². The van der Waals surface area contributed by atoms with Gasteiger partial charge in [-0.05, 0) is 43.9 Å². The number of nitrogens with one attached hydrogen (secondary N) is 1. The highest BCUT2D eigenvalue weighted by Gasteiger charge is 2.45. The zero-order valence-corrected chi connectivity index (χ0v) is 15.0. The lowest BCUT2D eigenvalue weighted by atomic mass is 9.94. The van der Waals surface area contributed by atoms with Crippen molar-refractivity contribution in [1.82, 2.24) is 5.32 Å². The van der Waals surface area contributed by atoms with Gasteiger partial charge in [-0.1, -0.05) is 31.0 Å². The van der Waals surface area contributed by atoms with E-state index < -0.39 is 11.7 Å². The van der Waals surface area contributed by atoms with Crippen molar-refractivity contribution in [1.29, 1.82) is 0 Å². The Labute approximate surface area is 153 Å². The SMILES string of the molecule is Cl.NCCCCCCC(=O)NCC1(c2cccc(C(F)(F)F)c2)CC1. The van der Waals surface area contributed by atoms with E-state index in [1.165, 1.54) is 12.1 Å². The Hall–Kier alpha value is -1.27. The zero-order valence-electron chi connectivity index (χ0n) is 14.2. The van der Waals surface area contributed by atoms with E-state index in [9.17, 15) is 18.0 Å². The number of nitrogens with two attached hydrogens (primary N) is 1. The summed E-state index contributed by atoms with van der Waals surface area (Å²) < 4.78 is 38.5. The van der Waals surface area contributed by atoms with Crippen LogP contribution in [0.1, 0.15) is 56.1 Å². The van der Waals surface area contributed by atoms with Crippen LogP contribution in [0.15, 0.2) is 24.3 Å². The highest BCUT2D eigenvalue weighted by molar-refractivity contribution is 5.85. The molecule has 0 atom stereocenters. The van der Waals surface area contributed by atoms with Crippen molar-refractivity contribution in [3.8, 4) is 0 Å². The van der Waals surface area contributed by atoms with Crippen LogP contribution in [-0.4, -0.2) is 19.0 Å². The molecule has 0 saturated heterocycles. The molecule has 142 valence electrons. The second-order valence-corrected chi connectivity index (χ2v) is 6.59. The number of carbonyl (C=O) groups excluding carboxylic acids is 1. The van der Waals surface area contributed by atoms with Gasteiger partial charge < -0.3 is 11.1 Å². The summed E-state index contributed by atoms with van der Waals surface area (Å²) >= 11 is 0. The zero-order chi connectivity index (χ0) is 17.6. The fraction of sp³-hybridized carbons (Fsp3) is 0.611. The maximum atomic E-state index is 12.8. The minimum absolute atomic E-state index is 0. The van der Waals surface area contributed by atoms with Crippen LogP contribution in [0.25, 0.3) is 0 Å². The van der Waals surface area contributed by atoms with Gasteiger partial charge in [0, 0.05) is 18.4 Å². The number of hydrogen-bond acceptors (Lipinski definition) is 2. The van der Waals surface area contributed by atoms with E-state index in [0.717, 1.165) is 44.6 Å². The normalized spacial score (nSPS) is 15.4. The Balaban J connectivity index is 0.00000312. The van der Waals surface area contributed by atoms with Gasteiger partial charge in [0.25, 0.3) is 0 Å². The number of halogens is 4. The Morgan fingerprint density at radius 1 is 1.16 bits per heavy atom. The van der Waals surface area contributed by atoms with Gasteiger partial charge in [-0.25, -0.2) is 0 Å². The summed E-state index contributed by atoms with van der Waals surface area (Å²) in [5, 5.41) is 2.89. The van der Waals surface area contributed by atoms with Crippen LogP contribution in [0.2, 0.25) is 0 Å². The molecule has 1 aliphatic rings. The summed E-state index contributed by atoms with van der Waals surface area (Å²) in [5.74, 6) is -0.0269. The van der Waals surface area contributed by atoms with Crippen LogP contribution in [0, 0.1) is 0 Å². The minimum atomic E-state index is -4.33. The molecule has 1 saturated carbocycles. The van der Waals surface area contributed by atoms with Gasteiger partial charge in [0.1, 0.15) is 0 Å². The first-order chi connectivity index (χ1) is 11.4. The Kier molecular flexibility index (Phi) is 8.22. The van der Waals surface area contributed by atoms with Crippen molar-refractivity contribution in [2.75, 3.05) is 13.1 Å². The minimum Gasteiger partial charge on any atom is -0.355 e. The predicted octanol–water partition coefficient (Wildman–Crippen LogP) is 4.18. The van der Waals surface area contributed by atoms with Crippen LogP contribution in [0.5, 0.6) is 0 Å². The van der Waals surface area contributed by atoms with Gasteiger partial charge in [-0.2, -0.15) is 13.2 Å². The lowest BCUT2D eigenvalue weighted by Crippen LogP contribution is -2.32. The van der Waals surface area contributed by atoms with Crippen molar-refractivity contribution in [2.24, 2.45) is 5.73 Å². The van der Waals surface area contributed by atoms with E-state index in [4.69, 9.17) is 5.73 Å². The molecular weight excluding hydrogens is 353 g/mol. The largest absolute Gasteiger partial charge is 0.416 e. The monoisotopic (exact) mass is 378 g/mol. The standard InChI is InChI=1S/C18H25F3N2O.ClH/c19-18(20,21)15-7-5-6-14(12-15)17(9-10-17)13-23-16(24)8-3-1-2-4-11-22;/h5-7,12H,1-4,8-11,13,22H2,(H,23,24);1H. The van der Waals surface area contributed by atoms with Gasteiger partial charge >= 0.3 is 6.18 Å². The van der Waals surface area contributed by atoms with E-state index in [0.29, 0.717) is 25.1 Å². The van der Waals surface area contributed by atoms with Crippen LogP contribution in [-0.2, 0) is 16.4 Å². The highest BCUT2D eigenvalue weighted by Crippen LogP contribution is 2.48. The highest BCUT2D eigenvalue weighted by atomic mass is 35.5. The molecule has 1 aromatic carbocycles. The molecule has 3 N–H and O–H groups in total. The van der Waals surface area contributed by atoms with E-state index in [1.807, 2.05) is 0 Å². The first-order valence-corrected chi connectivity index (χ1v) is 8.52. The number of alkyl halides is 3. The van der Waals surface area contributed by atoms with Crippen LogP contribution < -0.4 is 11.1 Å². The molecule has 0 aliphatic heterocycles. The molecular formula is C18H26ClF3N2O. The third-order valence-corrected chi connectivity index (χ3v) is 4.64. The Morgan fingerprint density at radius 2 is 1.84 bits per heavy atom. The maximum absolute atomic E-state index is 12.8. The number of carbonyl (C=O) groups is 1. The predicted molar refractivity (Wildman–Crippen MR) is 94.8 cm³/mol. The van der Waals surface area contributed by atoms with Crippen molar-refractivity contribution in [2.45, 2.75) is 56.5 Å². The van der Waals surface area contributed by atoms with Gasteiger partial charge in [0.2, 0.25) is 5.91 Å². The van der Waals surface area contributed by atoms with E-state index >= 15 is 0 Å². The van der Waals surface area contributed by atoms with Crippen molar-refractivity contribution in [3.05, 3.63) is 35.4 Å². The molecule has 25 heavy (non-hydrogen) atoms. The Morgan fingerprint density at radius 3 is 2.44 bits per heavy atom. The number of unbranched alkanes of at least 4 members (excludes halogenated alkanes) is 3. The average Bonchev–Trinajstić information content (AvgIpc) is 3.33. The van der Waals surface area contributed by atoms with Crippen LogP contribution in [0.3, 0.4) is 0 Å². The topological polar surface area (TPSA) is 55.1 Å². The molecule has 7 heteroatoms. The molecule has 1 aliphatic carbocycles. The third-order valence-electron chi connectivity index (χ3n) is 4.64. The van der Waals surface area contributed by atoms with E-state index in [2.05, 4.69) is 5.32 Å². The van der Waals surface area contributed by atoms with Gasteiger partial charge in [-0.15, -0.1) is 12.4 Å². The molecule has 0 spiro atoms. The smallest absolute Gasteiger partial charge is 0.355 e. The number of amides is 1. The van der Waals surface area contributed by atoms with Crippen molar-refractivity contribution in [3.63, 3.8) is 0 Å².